The van der Waals surface area contributed by atoms with Crippen LogP contribution in [-0.4, -0.2) is 14.8 Å². The van der Waals surface area contributed by atoms with Gasteiger partial charge in [-0.1, -0.05) is 11.6 Å². The van der Waals surface area contributed by atoms with E-state index in [1.54, 1.807) is 10.6 Å². The molecule has 1 aromatic heterocycles. The van der Waals surface area contributed by atoms with Crippen molar-refractivity contribution in [3.8, 4) is 5.75 Å². The Labute approximate surface area is 116 Å². The van der Waals surface area contributed by atoms with Crippen LogP contribution in [0, 0.1) is 11.7 Å². The van der Waals surface area contributed by atoms with Gasteiger partial charge in [0.05, 0.1) is 0 Å². The number of nitrogens with one attached hydrogen (secondary N) is 1. The number of halogens is 1. The third-order valence-electron chi connectivity index (χ3n) is 2.72. The first kappa shape index (κ1) is 13.1. The molecule has 0 saturated heterocycles. The van der Waals surface area contributed by atoms with E-state index in [0.717, 1.165) is 17.1 Å². The number of hydrogen-bond donors (Lipinski definition) is 1. The number of H-pyrrole nitrogens is 1. The molecule has 0 aliphatic heterocycles. The number of aromatic amines is 1. The van der Waals surface area contributed by atoms with Crippen LogP contribution in [0.5, 0.6) is 5.75 Å². The number of ether oxygens (including phenoxy) is 1. The maximum Gasteiger partial charge on any atom is 0.195 e. The smallest absolute Gasteiger partial charge is 0.195 e. The molecule has 0 amide bonds. The van der Waals surface area contributed by atoms with Crippen molar-refractivity contribution in [3.63, 3.8) is 0 Å². The van der Waals surface area contributed by atoms with Crippen LogP contribution in [0.3, 0.4) is 0 Å². The summed E-state index contributed by atoms with van der Waals surface area (Å²) < 4.78 is 8.25. The molecule has 0 fully saturated rings. The Balaban J connectivity index is 2.24. The van der Waals surface area contributed by atoms with Crippen molar-refractivity contribution in [1.29, 1.82) is 0 Å². The van der Waals surface area contributed by atoms with Crippen molar-refractivity contribution in [1.82, 2.24) is 14.8 Å². The molecule has 0 aliphatic carbocycles. The topological polar surface area (TPSA) is 42.8 Å². The summed E-state index contributed by atoms with van der Waals surface area (Å²) in [5.74, 6) is 1.55. The van der Waals surface area contributed by atoms with Gasteiger partial charge in [-0.05, 0) is 49.8 Å². The van der Waals surface area contributed by atoms with Crippen LogP contribution in [-0.2, 0) is 7.05 Å². The number of aromatic nitrogens is 3. The number of benzene rings is 1. The zero-order chi connectivity index (χ0) is 13.3. The van der Waals surface area contributed by atoms with Crippen molar-refractivity contribution >= 4 is 23.8 Å². The zero-order valence-corrected chi connectivity index (χ0v) is 12.0. The first-order chi connectivity index (χ1) is 8.49. The standard InChI is InChI=1S/C12H14ClN3OS/c1-7-6-9(13)4-5-10(7)17-8(2)11-14-15-12(18)16(11)3/h4-6,8H,1-3H3,(H,15,18)/t8-/m1/s1. The summed E-state index contributed by atoms with van der Waals surface area (Å²) in [7, 11) is 1.86. The lowest BCUT2D eigenvalue weighted by Gasteiger charge is -2.15. The third-order valence-corrected chi connectivity index (χ3v) is 3.32. The fourth-order valence-corrected chi connectivity index (χ4v) is 2.08. The van der Waals surface area contributed by atoms with E-state index in [2.05, 4.69) is 10.2 Å². The average molecular weight is 284 g/mol. The van der Waals surface area contributed by atoms with E-state index in [1.165, 1.54) is 0 Å². The van der Waals surface area contributed by atoms with Crippen molar-refractivity contribution in [2.75, 3.05) is 0 Å². The summed E-state index contributed by atoms with van der Waals surface area (Å²) >= 11 is 11.0. The molecule has 0 saturated carbocycles. The molecule has 0 aliphatic rings. The zero-order valence-electron chi connectivity index (χ0n) is 10.4. The monoisotopic (exact) mass is 283 g/mol. The number of rotatable bonds is 3. The normalized spacial score (nSPS) is 12.4. The largest absolute Gasteiger partial charge is 0.482 e. The minimum Gasteiger partial charge on any atom is -0.482 e. The maximum absolute atomic E-state index is 5.91. The molecule has 0 radical (unpaired) electrons. The lowest BCUT2D eigenvalue weighted by molar-refractivity contribution is 0.210. The van der Waals surface area contributed by atoms with E-state index in [4.69, 9.17) is 28.6 Å². The van der Waals surface area contributed by atoms with E-state index >= 15 is 0 Å². The summed E-state index contributed by atoms with van der Waals surface area (Å²) in [5, 5.41) is 7.60. The quantitative estimate of drug-likeness (QED) is 0.876. The summed E-state index contributed by atoms with van der Waals surface area (Å²) in [6.07, 6.45) is -0.192. The SMILES string of the molecule is Cc1cc(Cl)ccc1O[C@H](C)c1n[nH]c(=S)n1C. The second-order valence-corrected chi connectivity index (χ2v) is 4.94. The van der Waals surface area contributed by atoms with Gasteiger partial charge in [0.1, 0.15) is 5.75 Å². The molecule has 6 heteroatoms. The summed E-state index contributed by atoms with van der Waals surface area (Å²) in [6, 6.07) is 5.53. The first-order valence-electron chi connectivity index (χ1n) is 5.53. The lowest BCUT2D eigenvalue weighted by Crippen LogP contribution is -2.10. The van der Waals surface area contributed by atoms with Gasteiger partial charge < -0.3 is 9.30 Å². The van der Waals surface area contributed by atoms with Gasteiger partial charge >= 0.3 is 0 Å². The van der Waals surface area contributed by atoms with E-state index < -0.39 is 0 Å². The predicted molar refractivity (Wildman–Crippen MR) is 73.6 cm³/mol. The Bertz CT molecular complexity index is 620. The van der Waals surface area contributed by atoms with Crippen LogP contribution >= 0.6 is 23.8 Å². The first-order valence-corrected chi connectivity index (χ1v) is 6.31. The number of aryl methyl sites for hydroxylation is 1. The molecule has 18 heavy (non-hydrogen) atoms. The number of nitrogens with zero attached hydrogens (tertiary/aromatic N) is 2. The van der Waals surface area contributed by atoms with Gasteiger partial charge in [0.2, 0.25) is 0 Å². The Morgan fingerprint density at radius 2 is 2.22 bits per heavy atom. The highest BCUT2D eigenvalue weighted by molar-refractivity contribution is 7.71. The fourth-order valence-electron chi connectivity index (χ4n) is 1.71. The second kappa shape index (κ2) is 5.12. The van der Waals surface area contributed by atoms with Crippen molar-refractivity contribution in [2.24, 2.45) is 7.05 Å². The Morgan fingerprint density at radius 1 is 1.50 bits per heavy atom. The second-order valence-electron chi connectivity index (χ2n) is 4.12. The van der Waals surface area contributed by atoms with Crippen molar-refractivity contribution in [2.45, 2.75) is 20.0 Å². The highest BCUT2D eigenvalue weighted by atomic mass is 35.5. The highest BCUT2D eigenvalue weighted by Crippen LogP contribution is 2.26. The van der Waals surface area contributed by atoms with Crippen LogP contribution in [0.1, 0.15) is 24.4 Å². The molecule has 1 heterocycles. The van der Waals surface area contributed by atoms with Crippen LogP contribution < -0.4 is 4.74 Å². The van der Waals surface area contributed by atoms with Gasteiger partial charge in [-0.3, -0.25) is 5.10 Å². The molecule has 0 spiro atoms. The van der Waals surface area contributed by atoms with Gasteiger partial charge in [0, 0.05) is 12.1 Å². The van der Waals surface area contributed by atoms with Gasteiger partial charge in [0.15, 0.2) is 16.7 Å². The minimum atomic E-state index is -0.192. The molecule has 96 valence electrons. The van der Waals surface area contributed by atoms with Crippen LogP contribution in [0.2, 0.25) is 5.02 Å². The molecule has 1 aromatic carbocycles. The van der Waals surface area contributed by atoms with E-state index in [-0.39, 0.29) is 6.10 Å². The highest BCUT2D eigenvalue weighted by Gasteiger charge is 2.14. The fraction of sp³-hybridized carbons (Fsp3) is 0.333. The van der Waals surface area contributed by atoms with Crippen LogP contribution in [0.15, 0.2) is 18.2 Å². The molecule has 0 bridgehead atoms. The Hall–Kier alpha value is -1.33. The minimum absolute atomic E-state index is 0.192. The summed E-state index contributed by atoms with van der Waals surface area (Å²) in [5.41, 5.74) is 0.992. The molecule has 2 aromatic rings. The molecular weight excluding hydrogens is 270 g/mol. The third kappa shape index (κ3) is 2.57. The Morgan fingerprint density at radius 3 is 2.78 bits per heavy atom. The number of hydrogen-bond acceptors (Lipinski definition) is 3. The molecule has 1 N–H and O–H groups in total. The van der Waals surface area contributed by atoms with Gasteiger partial charge in [0.25, 0.3) is 0 Å². The lowest BCUT2D eigenvalue weighted by atomic mass is 10.2. The predicted octanol–water partition coefficient (Wildman–Crippen LogP) is 3.58. The molecule has 1 atom stereocenters. The summed E-state index contributed by atoms with van der Waals surface area (Å²) in [6.45, 7) is 3.88. The van der Waals surface area contributed by atoms with E-state index in [9.17, 15) is 0 Å². The van der Waals surface area contributed by atoms with Crippen LogP contribution in [0.25, 0.3) is 0 Å². The van der Waals surface area contributed by atoms with Gasteiger partial charge in [-0.2, -0.15) is 5.10 Å². The summed E-state index contributed by atoms with van der Waals surface area (Å²) in [4.78, 5) is 0. The average Bonchev–Trinajstić information content (AvgIpc) is 2.64. The van der Waals surface area contributed by atoms with Crippen LogP contribution in [0.4, 0.5) is 0 Å². The molecule has 2 rings (SSSR count). The van der Waals surface area contributed by atoms with Gasteiger partial charge in [-0.15, -0.1) is 0 Å². The molecular formula is C12H14ClN3OS. The van der Waals surface area contributed by atoms with E-state index in [1.807, 2.05) is 33.0 Å². The Kier molecular flexibility index (Phi) is 3.73. The van der Waals surface area contributed by atoms with E-state index in [0.29, 0.717) is 9.79 Å². The maximum atomic E-state index is 5.91. The van der Waals surface area contributed by atoms with Crippen molar-refractivity contribution < 1.29 is 4.74 Å². The molecule has 0 unspecified atom stereocenters. The molecule has 4 nitrogen and oxygen atoms in total. The van der Waals surface area contributed by atoms with Gasteiger partial charge in [-0.25, -0.2) is 0 Å². The van der Waals surface area contributed by atoms with Crippen molar-refractivity contribution in [3.05, 3.63) is 39.4 Å².